The molecule has 4 rings (SSSR count). The Bertz CT molecular complexity index is 830. The number of carbonyl (C=O) groups is 2. The summed E-state index contributed by atoms with van der Waals surface area (Å²) < 4.78 is 13.1. The smallest absolute Gasteiger partial charge is 0.220 e. The van der Waals surface area contributed by atoms with Gasteiger partial charge in [-0.05, 0) is 133 Å². The Morgan fingerprint density at radius 1 is 0.971 bits per heavy atom. The van der Waals surface area contributed by atoms with Crippen molar-refractivity contribution in [3.8, 4) is 0 Å². The third-order valence-corrected chi connectivity index (χ3v) is 8.81. The number of rotatable bonds is 8. The van der Waals surface area contributed by atoms with Gasteiger partial charge in [-0.3, -0.25) is 9.59 Å². The lowest BCUT2D eigenvalue weighted by molar-refractivity contribution is -0.123. The van der Waals surface area contributed by atoms with Gasteiger partial charge in [0.15, 0.2) is 5.78 Å². The van der Waals surface area contributed by atoms with Gasteiger partial charge in [-0.25, -0.2) is 4.39 Å². The van der Waals surface area contributed by atoms with Crippen LogP contribution in [0.4, 0.5) is 4.39 Å². The second-order valence-corrected chi connectivity index (χ2v) is 11.7. The van der Waals surface area contributed by atoms with Crippen molar-refractivity contribution in [2.45, 2.75) is 95.6 Å². The molecule has 0 unspecified atom stereocenters. The summed E-state index contributed by atoms with van der Waals surface area (Å²) in [7, 11) is 0. The molecule has 194 valence electrons. The van der Waals surface area contributed by atoms with E-state index < -0.39 is 5.60 Å². The van der Waals surface area contributed by atoms with Gasteiger partial charge in [0.25, 0.3) is 0 Å². The first kappa shape index (κ1) is 26.3. The predicted molar refractivity (Wildman–Crippen MR) is 136 cm³/mol. The molecule has 1 heterocycles. The maximum absolute atomic E-state index is 13.1. The third kappa shape index (κ3) is 7.85. The molecule has 3 aliphatic rings. The second kappa shape index (κ2) is 12.0. The highest BCUT2D eigenvalue weighted by atomic mass is 19.1. The molecule has 1 aromatic carbocycles. The van der Waals surface area contributed by atoms with Crippen molar-refractivity contribution in [2.75, 3.05) is 19.6 Å². The highest BCUT2D eigenvalue weighted by molar-refractivity contribution is 5.97. The van der Waals surface area contributed by atoms with Crippen molar-refractivity contribution in [1.82, 2.24) is 10.2 Å². The van der Waals surface area contributed by atoms with Gasteiger partial charge >= 0.3 is 0 Å². The summed E-state index contributed by atoms with van der Waals surface area (Å²) in [6.45, 7) is 4.91. The van der Waals surface area contributed by atoms with Crippen molar-refractivity contribution in [2.24, 2.45) is 17.8 Å². The number of likely N-dealkylation sites (tertiary alicyclic amines) is 1. The van der Waals surface area contributed by atoms with Gasteiger partial charge in [0.2, 0.25) is 5.91 Å². The molecule has 1 amide bonds. The zero-order chi connectivity index (χ0) is 24.8. The monoisotopic (exact) mass is 486 g/mol. The molecule has 2 aliphatic carbocycles. The number of ketones is 1. The number of aliphatic hydroxyl groups is 1. The van der Waals surface area contributed by atoms with Crippen LogP contribution in [0.1, 0.15) is 94.3 Å². The first-order valence-electron chi connectivity index (χ1n) is 13.8. The molecule has 2 saturated carbocycles. The van der Waals surface area contributed by atoms with Gasteiger partial charge in [-0.2, -0.15) is 0 Å². The third-order valence-electron chi connectivity index (χ3n) is 8.81. The lowest BCUT2D eigenvalue weighted by Crippen LogP contribution is -2.40. The van der Waals surface area contributed by atoms with Crippen LogP contribution in [-0.2, 0) is 4.79 Å². The van der Waals surface area contributed by atoms with Crippen LogP contribution in [0.3, 0.4) is 0 Å². The number of Topliss-reactive ketones (excluding diaryl/α,β-unsaturated/α-hetero) is 1. The molecule has 3 fully saturated rings. The van der Waals surface area contributed by atoms with Crippen molar-refractivity contribution >= 4 is 11.7 Å². The van der Waals surface area contributed by atoms with Crippen molar-refractivity contribution < 1.29 is 19.1 Å². The van der Waals surface area contributed by atoms with Crippen LogP contribution in [-0.4, -0.2) is 53.0 Å². The van der Waals surface area contributed by atoms with Crippen LogP contribution in [0.5, 0.6) is 0 Å². The van der Waals surface area contributed by atoms with E-state index in [9.17, 15) is 19.1 Å². The first-order chi connectivity index (χ1) is 16.8. The molecule has 0 atom stereocenters. The Morgan fingerprint density at radius 3 is 2.23 bits per heavy atom. The van der Waals surface area contributed by atoms with E-state index in [4.69, 9.17) is 0 Å². The van der Waals surface area contributed by atoms with E-state index in [-0.39, 0.29) is 23.4 Å². The summed E-state index contributed by atoms with van der Waals surface area (Å²) in [5, 5.41) is 13.4. The molecule has 5 nitrogen and oxygen atoms in total. The Kier molecular flexibility index (Phi) is 8.98. The average Bonchev–Trinajstić information content (AvgIpc) is 2.85. The molecule has 1 saturated heterocycles. The summed E-state index contributed by atoms with van der Waals surface area (Å²) in [5.74, 6) is 1.24. The van der Waals surface area contributed by atoms with Crippen molar-refractivity contribution in [3.63, 3.8) is 0 Å². The summed E-state index contributed by atoms with van der Waals surface area (Å²) in [6, 6.07) is 6.25. The van der Waals surface area contributed by atoms with Crippen LogP contribution in [0.15, 0.2) is 24.3 Å². The molecule has 2 N–H and O–H groups in total. The Balaban J connectivity index is 1.08. The van der Waals surface area contributed by atoms with E-state index in [0.29, 0.717) is 23.9 Å². The fourth-order valence-electron chi connectivity index (χ4n) is 6.28. The maximum atomic E-state index is 13.1. The largest absolute Gasteiger partial charge is 0.390 e. The number of nitrogens with zero attached hydrogens (tertiary/aromatic N) is 1. The van der Waals surface area contributed by atoms with Crippen molar-refractivity contribution in [1.29, 1.82) is 0 Å². The fourth-order valence-corrected chi connectivity index (χ4v) is 6.28. The topological polar surface area (TPSA) is 69.6 Å². The molecule has 0 radical (unpaired) electrons. The maximum Gasteiger partial charge on any atom is 0.220 e. The zero-order valence-electron chi connectivity index (χ0n) is 21.3. The summed E-state index contributed by atoms with van der Waals surface area (Å²) in [4.78, 5) is 27.7. The van der Waals surface area contributed by atoms with E-state index in [1.165, 1.54) is 31.4 Å². The van der Waals surface area contributed by atoms with E-state index in [2.05, 4.69) is 10.2 Å². The number of hydrogen-bond acceptors (Lipinski definition) is 4. The number of amides is 1. The Morgan fingerprint density at radius 2 is 1.60 bits per heavy atom. The molecular formula is C29H43FN2O3. The molecule has 1 aliphatic heterocycles. The first-order valence-corrected chi connectivity index (χ1v) is 13.8. The van der Waals surface area contributed by atoms with Gasteiger partial charge in [-0.15, -0.1) is 0 Å². The predicted octanol–water partition coefficient (Wildman–Crippen LogP) is 5.12. The van der Waals surface area contributed by atoms with Gasteiger partial charge in [0.1, 0.15) is 5.82 Å². The quantitative estimate of drug-likeness (QED) is 0.501. The van der Waals surface area contributed by atoms with E-state index in [1.807, 2.05) is 6.92 Å². The minimum Gasteiger partial charge on any atom is -0.390 e. The van der Waals surface area contributed by atoms with Gasteiger partial charge in [-0.1, -0.05) is 0 Å². The van der Waals surface area contributed by atoms with Crippen LogP contribution in [0, 0.1) is 23.6 Å². The normalized spacial score (nSPS) is 30.7. The molecular weight excluding hydrogens is 443 g/mol. The average molecular weight is 487 g/mol. The minimum absolute atomic E-state index is 0.0533. The number of piperidine rings is 1. The standard InChI is InChI=1S/C29H43FN2O3/c1-29(35)15-10-22(11-16-29)20-27(33)31-26-8-2-21(3-9-26)12-17-32-18-13-24(14-19-32)28(34)23-4-6-25(30)7-5-23/h4-7,21-22,24,26,35H,2-3,8-20H2,1H3,(H,31,33)/t21-,22-,26-,29-. The molecule has 0 bridgehead atoms. The number of nitrogens with one attached hydrogen (secondary N) is 1. The van der Waals surface area contributed by atoms with Crippen LogP contribution >= 0.6 is 0 Å². The Hall–Kier alpha value is -1.79. The summed E-state index contributed by atoms with van der Waals surface area (Å²) in [6.07, 6.45) is 11.6. The summed E-state index contributed by atoms with van der Waals surface area (Å²) in [5.41, 5.74) is 0.0865. The zero-order valence-corrected chi connectivity index (χ0v) is 21.3. The molecule has 35 heavy (non-hydrogen) atoms. The lowest BCUT2D eigenvalue weighted by atomic mass is 9.78. The number of hydrogen-bond donors (Lipinski definition) is 2. The second-order valence-electron chi connectivity index (χ2n) is 11.7. The van der Waals surface area contributed by atoms with Gasteiger partial charge in [0, 0.05) is 23.9 Å². The van der Waals surface area contributed by atoms with Gasteiger partial charge in [0.05, 0.1) is 5.60 Å². The highest BCUT2D eigenvalue weighted by Gasteiger charge is 2.31. The fraction of sp³-hybridized carbons (Fsp3) is 0.724. The van der Waals surface area contributed by atoms with Crippen LogP contribution in [0.2, 0.25) is 0 Å². The number of carbonyl (C=O) groups excluding carboxylic acids is 2. The van der Waals surface area contributed by atoms with Crippen LogP contribution in [0.25, 0.3) is 0 Å². The molecule has 0 spiro atoms. The highest BCUT2D eigenvalue weighted by Crippen LogP contribution is 2.34. The van der Waals surface area contributed by atoms with Crippen molar-refractivity contribution in [3.05, 3.63) is 35.6 Å². The summed E-state index contributed by atoms with van der Waals surface area (Å²) >= 11 is 0. The van der Waals surface area contributed by atoms with Crippen LogP contribution < -0.4 is 5.32 Å². The minimum atomic E-state index is -0.539. The van der Waals surface area contributed by atoms with E-state index in [1.54, 1.807) is 12.1 Å². The Labute approximate surface area is 209 Å². The number of benzene rings is 1. The van der Waals surface area contributed by atoms with E-state index in [0.717, 1.165) is 76.9 Å². The van der Waals surface area contributed by atoms with Gasteiger partial charge < -0.3 is 15.3 Å². The lowest BCUT2D eigenvalue weighted by Gasteiger charge is -2.35. The molecule has 0 aromatic heterocycles. The molecule has 1 aromatic rings. The number of halogens is 1. The molecule has 6 heteroatoms. The van der Waals surface area contributed by atoms with E-state index >= 15 is 0 Å². The SMILES string of the molecule is C[C@]1(O)CC[C@H](CC(=O)N[C@H]2CC[C@H](CCN3CCC(C(=O)c4ccc(F)cc4)CC3)CC2)CC1.